The molecule has 24 heavy (non-hydrogen) atoms. The highest BCUT2D eigenvalue weighted by Gasteiger charge is 2.12. The average Bonchev–Trinajstić information content (AvgIpc) is 2.57. The Morgan fingerprint density at radius 2 is 1.75 bits per heavy atom. The Hall–Kier alpha value is -2.54. The molecule has 0 aliphatic heterocycles. The van der Waals surface area contributed by atoms with Gasteiger partial charge < -0.3 is 14.8 Å². The van der Waals surface area contributed by atoms with Crippen molar-refractivity contribution in [1.29, 1.82) is 0 Å². The fraction of sp³-hybridized carbons (Fsp3) is 0.235. The number of nitrogens with two attached hydrogens (primary N) is 1. The van der Waals surface area contributed by atoms with E-state index in [1.165, 1.54) is 6.07 Å². The quantitative estimate of drug-likeness (QED) is 0.769. The summed E-state index contributed by atoms with van der Waals surface area (Å²) >= 11 is -1.84. The van der Waals surface area contributed by atoms with Crippen LogP contribution in [0.15, 0.2) is 48.5 Å². The third kappa shape index (κ3) is 4.48. The van der Waals surface area contributed by atoms with Gasteiger partial charge in [0.15, 0.2) is 5.75 Å². The van der Waals surface area contributed by atoms with Crippen LogP contribution in [0.1, 0.15) is 24.2 Å². The molecule has 2 aromatic rings. The molecule has 0 fully saturated rings. The molecule has 0 spiro atoms. The molecule has 0 saturated carbocycles. The van der Waals surface area contributed by atoms with Crippen molar-refractivity contribution in [1.82, 2.24) is 0 Å². The van der Waals surface area contributed by atoms with Gasteiger partial charge in [-0.1, -0.05) is 12.1 Å². The van der Waals surface area contributed by atoms with Gasteiger partial charge in [-0.05, 0) is 50.2 Å². The molecule has 0 saturated heterocycles. The number of nitrogens with one attached hydrogen (secondary N) is 1. The molecule has 0 radical (unpaired) electrons. The standard InChI is InChI=1S/C17H21N3O3S/c1-3-20(4-2)14-11-9-13(10-12-14)19-24(22)23-16-8-6-5-7-15(16)17(18)21/h5-12,19H,3-4H2,1-2H3,(H2,18,21). The number of carbonyl (C=O) groups is 1. The summed E-state index contributed by atoms with van der Waals surface area (Å²) in [6.45, 7) is 6.02. The zero-order valence-electron chi connectivity index (χ0n) is 13.7. The monoisotopic (exact) mass is 347 g/mol. The van der Waals surface area contributed by atoms with E-state index in [1.807, 2.05) is 24.3 Å². The number of hydrogen-bond donors (Lipinski definition) is 2. The van der Waals surface area contributed by atoms with Crippen LogP contribution in [0, 0.1) is 0 Å². The lowest BCUT2D eigenvalue weighted by Crippen LogP contribution is -2.21. The number of nitrogens with zero attached hydrogens (tertiary/aromatic N) is 1. The molecule has 1 atom stereocenters. The van der Waals surface area contributed by atoms with Gasteiger partial charge in [-0.15, -0.1) is 0 Å². The van der Waals surface area contributed by atoms with E-state index in [0.717, 1.165) is 18.8 Å². The second-order valence-electron chi connectivity index (χ2n) is 5.00. The molecular weight excluding hydrogens is 326 g/mol. The minimum atomic E-state index is -1.84. The molecule has 2 rings (SSSR count). The van der Waals surface area contributed by atoms with Gasteiger partial charge in [-0.3, -0.25) is 9.52 Å². The first-order chi connectivity index (χ1) is 11.5. The number of benzene rings is 2. The van der Waals surface area contributed by atoms with Crippen molar-refractivity contribution in [3.63, 3.8) is 0 Å². The van der Waals surface area contributed by atoms with Crippen molar-refractivity contribution >= 4 is 28.5 Å². The SMILES string of the molecule is CCN(CC)c1ccc(NS(=O)Oc2ccccc2C(N)=O)cc1. The van der Waals surface area contributed by atoms with Crippen LogP contribution in [0.3, 0.4) is 0 Å². The van der Waals surface area contributed by atoms with Gasteiger partial charge in [0.1, 0.15) is 0 Å². The molecule has 0 aromatic heterocycles. The molecule has 3 N–H and O–H groups in total. The molecule has 0 aliphatic carbocycles. The van der Waals surface area contributed by atoms with E-state index in [4.69, 9.17) is 9.92 Å². The van der Waals surface area contributed by atoms with Gasteiger partial charge in [0.25, 0.3) is 5.91 Å². The van der Waals surface area contributed by atoms with Crippen molar-refractivity contribution in [2.24, 2.45) is 5.73 Å². The molecule has 128 valence electrons. The van der Waals surface area contributed by atoms with E-state index < -0.39 is 17.2 Å². The summed E-state index contributed by atoms with van der Waals surface area (Å²) in [6.07, 6.45) is 0. The van der Waals surface area contributed by atoms with Crippen LogP contribution in [0.5, 0.6) is 5.75 Å². The van der Waals surface area contributed by atoms with Gasteiger partial charge in [-0.25, -0.2) is 0 Å². The maximum atomic E-state index is 12.1. The molecular formula is C17H21N3O3S. The fourth-order valence-corrected chi connectivity index (χ4v) is 2.95. The summed E-state index contributed by atoms with van der Waals surface area (Å²) in [7, 11) is 0. The summed E-state index contributed by atoms with van der Waals surface area (Å²) in [5.74, 6) is -0.457. The summed E-state index contributed by atoms with van der Waals surface area (Å²) in [6, 6.07) is 14.0. The highest BCUT2D eigenvalue weighted by molar-refractivity contribution is 7.82. The van der Waals surface area contributed by atoms with Crippen LogP contribution in [0.4, 0.5) is 11.4 Å². The summed E-state index contributed by atoms with van der Waals surface area (Å²) in [4.78, 5) is 13.5. The highest BCUT2D eigenvalue weighted by Crippen LogP contribution is 2.21. The Labute approximate surface area is 144 Å². The lowest BCUT2D eigenvalue weighted by Gasteiger charge is -2.21. The first kappa shape index (κ1) is 17.8. The van der Waals surface area contributed by atoms with Crippen molar-refractivity contribution in [3.05, 3.63) is 54.1 Å². The number of carbonyl (C=O) groups excluding carboxylic acids is 1. The predicted molar refractivity (Wildman–Crippen MR) is 97.4 cm³/mol. The number of rotatable bonds is 8. The van der Waals surface area contributed by atoms with Gasteiger partial charge >= 0.3 is 11.3 Å². The number of primary amides is 1. The van der Waals surface area contributed by atoms with Gasteiger partial charge in [0, 0.05) is 24.5 Å². The van der Waals surface area contributed by atoms with Crippen LogP contribution in [-0.2, 0) is 11.3 Å². The van der Waals surface area contributed by atoms with Crippen LogP contribution >= 0.6 is 0 Å². The van der Waals surface area contributed by atoms with Gasteiger partial charge in [-0.2, -0.15) is 4.21 Å². The van der Waals surface area contributed by atoms with Crippen LogP contribution in [-0.4, -0.2) is 23.2 Å². The van der Waals surface area contributed by atoms with Crippen molar-refractivity contribution in [3.8, 4) is 5.75 Å². The Balaban J connectivity index is 2.04. The topological polar surface area (TPSA) is 84.7 Å². The molecule has 0 heterocycles. The third-order valence-electron chi connectivity index (χ3n) is 3.52. The molecule has 7 heteroatoms. The Kier molecular flexibility index (Phi) is 6.20. The normalized spacial score (nSPS) is 11.6. The summed E-state index contributed by atoms with van der Waals surface area (Å²) < 4.78 is 20.1. The lowest BCUT2D eigenvalue weighted by atomic mass is 10.2. The summed E-state index contributed by atoms with van der Waals surface area (Å²) in [5.41, 5.74) is 7.20. The van der Waals surface area contributed by atoms with E-state index in [2.05, 4.69) is 23.5 Å². The highest BCUT2D eigenvalue weighted by atomic mass is 32.2. The van der Waals surface area contributed by atoms with Crippen molar-refractivity contribution in [2.45, 2.75) is 13.8 Å². The second kappa shape index (κ2) is 8.35. The van der Waals surface area contributed by atoms with Crippen molar-refractivity contribution < 1.29 is 13.2 Å². The minimum Gasteiger partial charge on any atom is -0.384 e. The van der Waals surface area contributed by atoms with Crippen molar-refractivity contribution in [2.75, 3.05) is 22.7 Å². The number of amides is 1. The smallest absolute Gasteiger partial charge is 0.316 e. The third-order valence-corrected chi connectivity index (χ3v) is 4.25. The van der Waals surface area contributed by atoms with E-state index in [0.29, 0.717) is 5.69 Å². The van der Waals surface area contributed by atoms with E-state index in [-0.39, 0.29) is 11.3 Å². The molecule has 6 nitrogen and oxygen atoms in total. The van der Waals surface area contributed by atoms with Crippen LogP contribution in [0.2, 0.25) is 0 Å². The largest absolute Gasteiger partial charge is 0.384 e. The zero-order valence-corrected chi connectivity index (χ0v) is 14.5. The Morgan fingerprint density at radius 3 is 2.33 bits per heavy atom. The molecule has 0 aliphatic rings. The number of anilines is 2. The van der Waals surface area contributed by atoms with Crippen LogP contribution < -0.4 is 19.5 Å². The predicted octanol–water partition coefficient (Wildman–Crippen LogP) is 2.70. The maximum Gasteiger partial charge on any atom is 0.316 e. The van der Waals surface area contributed by atoms with E-state index in [1.54, 1.807) is 18.2 Å². The van der Waals surface area contributed by atoms with E-state index in [9.17, 15) is 9.00 Å². The molecule has 1 amide bonds. The molecule has 2 aromatic carbocycles. The Bertz CT molecular complexity index is 715. The van der Waals surface area contributed by atoms with Gasteiger partial charge in [0.05, 0.1) is 5.56 Å². The zero-order chi connectivity index (χ0) is 17.5. The first-order valence-electron chi connectivity index (χ1n) is 7.65. The maximum absolute atomic E-state index is 12.1. The minimum absolute atomic E-state index is 0.176. The average molecular weight is 347 g/mol. The van der Waals surface area contributed by atoms with Gasteiger partial charge in [0.2, 0.25) is 0 Å². The summed E-state index contributed by atoms with van der Waals surface area (Å²) in [5, 5.41) is 0. The second-order valence-corrected chi connectivity index (χ2v) is 5.84. The van der Waals surface area contributed by atoms with Crippen LogP contribution in [0.25, 0.3) is 0 Å². The number of para-hydroxylation sites is 1. The lowest BCUT2D eigenvalue weighted by molar-refractivity contribution is 0.0999. The molecule has 0 bridgehead atoms. The van der Waals surface area contributed by atoms with E-state index >= 15 is 0 Å². The fourth-order valence-electron chi connectivity index (χ4n) is 2.27. The number of hydrogen-bond acceptors (Lipinski definition) is 4. The first-order valence-corrected chi connectivity index (χ1v) is 8.73. The Morgan fingerprint density at radius 1 is 1.12 bits per heavy atom. The molecule has 1 unspecified atom stereocenters.